The average molecular weight is 438 g/mol. The topological polar surface area (TPSA) is 74.6 Å². The van der Waals surface area contributed by atoms with Crippen LogP contribution < -0.4 is 10.6 Å². The molecule has 0 saturated heterocycles. The van der Waals surface area contributed by atoms with Crippen LogP contribution in [-0.4, -0.2) is 23.9 Å². The molecule has 1 spiro atoms. The lowest BCUT2D eigenvalue weighted by Gasteiger charge is -2.42. The van der Waals surface area contributed by atoms with Crippen LogP contribution in [0.1, 0.15) is 53.8 Å². The van der Waals surface area contributed by atoms with E-state index in [-0.39, 0.29) is 17.7 Å². The number of furan rings is 1. The van der Waals surface area contributed by atoms with Gasteiger partial charge in [-0.3, -0.25) is 4.79 Å². The second-order valence-electron chi connectivity index (χ2n) is 8.51. The number of halogens is 1. The summed E-state index contributed by atoms with van der Waals surface area (Å²) in [5, 5.41) is 7.21. The van der Waals surface area contributed by atoms with E-state index in [2.05, 4.69) is 10.6 Å². The highest BCUT2D eigenvalue weighted by Crippen LogP contribution is 2.49. The fourth-order valence-electron chi connectivity index (χ4n) is 4.91. The van der Waals surface area contributed by atoms with Gasteiger partial charge >= 0.3 is 6.03 Å². The van der Waals surface area contributed by atoms with Crippen LogP contribution >= 0.6 is 11.6 Å². The third-order valence-electron chi connectivity index (χ3n) is 6.36. The van der Waals surface area contributed by atoms with Crippen LogP contribution in [-0.2, 0) is 12.1 Å². The van der Waals surface area contributed by atoms with Crippen molar-refractivity contribution in [3.8, 4) is 0 Å². The van der Waals surface area contributed by atoms with Crippen molar-refractivity contribution in [1.82, 2.24) is 10.2 Å². The Bertz CT molecular complexity index is 1170. The van der Waals surface area contributed by atoms with Gasteiger partial charge in [-0.1, -0.05) is 61.2 Å². The monoisotopic (exact) mass is 437 g/mol. The van der Waals surface area contributed by atoms with Crippen LogP contribution in [0.25, 0.3) is 11.0 Å². The van der Waals surface area contributed by atoms with Crippen LogP contribution in [0.3, 0.4) is 0 Å². The number of amides is 3. The number of anilines is 1. The molecule has 1 aliphatic heterocycles. The number of urea groups is 1. The first-order valence-electron chi connectivity index (χ1n) is 10.6. The number of benzene rings is 2. The minimum Gasteiger partial charge on any atom is -0.450 e. The summed E-state index contributed by atoms with van der Waals surface area (Å²) in [7, 11) is 1.76. The number of hydrogen-bond donors (Lipinski definition) is 2. The van der Waals surface area contributed by atoms with Crippen LogP contribution in [0, 0.1) is 0 Å². The summed E-state index contributed by atoms with van der Waals surface area (Å²) in [4.78, 5) is 27.1. The fraction of sp³-hybridized carbons (Fsp3) is 0.333. The van der Waals surface area contributed by atoms with E-state index in [0.29, 0.717) is 22.8 Å². The second-order valence-corrected chi connectivity index (χ2v) is 8.91. The van der Waals surface area contributed by atoms with Gasteiger partial charge in [-0.15, -0.1) is 0 Å². The zero-order valence-corrected chi connectivity index (χ0v) is 18.1. The highest BCUT2D eigenvalue weighted by molar-refractivity contribution is 6.35. The Morgan fingerprint density at radius 3 is 2.65 bits per heavy atom. The molecule has 5 rings (SSSR count). The molecule has 7 heteroatoms. The number of hydrogen-bond acceptors (Lipinski definition) is 3. The van der Waals surface area contributed by atoms with Gasteiger partial charge in [-0.2, -0.15) is 0 Å². The summed E-state index contributed by atoms with van der Waals surface area (Å²) in [5.41, 5.74) is 2.59. The largest absolute Gasteiger partial charge is 0.450 e. The third kappa shape index (κ3) is 3.45. The van der Waals surface area contributed by atoms with Crippen molar-refractivity contribution >= 4 is 40.2 Å². The smallest absolute Gasteiger partial charge is 0.319 e. The van der Waals surface area contributed by atoms with Crippen LogP contribution in [0.15, 0.2) is 46.9 Å². The van der Waals surface area contributed by atoms with E-state index in [9.17, 15) is 9.59 Å². The van der Waals surface area contributed by atoms with E-state index in [0.717, 1.165) is 48.6 Å². The van der Waals surface area contributed by atoms with Crippen molar-refractivity contribution in [3.05, 3.63) is 64.4 Å². The number of carbonyl (C=O) groups excluding carboxylic acids is 2. The lowest BCUT2D eigenvalue weighted by molar-refractivity contribution is 0.0755. The molecule has 3 amide bonds. The molecule has 2 aromatic carbocycles. The first kappa shape index (κ1) is 19.9. The van der Waals surface area contributed by atoms with Gasteiger partial charge in [0, 0.05) is 24.5 Å². The van der Waals surface area contributed by atoms with Crippen LogP contribution in [0.4, 0.5) is 10.5 Å². The minimum atomic E-state index is -0.521. The van der Waals surface area contributed by atoms with E-state index >= 15 is 0 Å². The molecular weight excluding hydrogens is 414 g/mol. The highest BCUT2D eigenvalue weighted by Gasteiger charge is 2.44. The minimum absolute atomic E-state index is 0.199. The maximum absolute atomic E-state index is 13.1. The summed E-state index contributed by atoms with van der Waals surface area (Å²) >= 11 is 6.57. The molecule has 2 N–H and O–H groups in total. The molecule has 1 saturated carbocycles. The second kappa shape index (κ2) is 7.61. The van der Waals surface area contributed by atoms with Crippen molar-refractivity contribution in [1.29, 1.82) is 0 Å². The molecule has 0 radical (unpaired) electrons. The highest BCUT2D eigenvalue weighted by atomic mass is 35.5. The Hall–Kier alpha value is -2.99. The molecule has 2 aliphatic rings. The van der Waals surface area contributed by atoms with Gasteiger partial charge in [0.1, 0.15) is 5.58 Å². The quantitative estimate of drug-likeness (QED) is 0.555. The van der Waals surface area contributed by atoms with Gasteiger partial charge in [0.05, 0.1) is 16.2 Å². The molecule has 1 aliphatic carbocycles. The summed E-state index contributed by atoms with van der Waals surface area (Å²) in [6, 6.07) is 13.1. The zero-order valence-electron chi connectivity index (χ0n) is 17.3. The van der Waals surface area contributed by atoms with Crippen molar-refractivity contribution in [2.24, 2.45) is 0 Å². The summed E-state index contributed by atoms with van der Waals surface area (Å²) < 4.78 is 6.16. The number of carbonyl (C=O) groups is 2. The molecule has 6 nitrogen and oxygen atoms in total. The zero-order chi connectivity index (χ0) is 21.6. The molecule has 0 unspecified atom stereocenters. The predicted octanol–water partition coefficient (Wildman–Crippen LogP) is 5.65. The summed E-state index contributed by atoms with van der Waals surface area (Å²) in [6.07, 6.45) is 4.80. The van der Waals surface area contributed by atoms with Crippen molar-refractivity contribution < 1.29 is 14.0 Å². The van der Waals surface area contributed by atoms with Gasteiger partial charge in [0.25, 0.3) is 5.91 Å². The van der Waals surface area contributed by atoms with Gasteiger partial charge < -0.3 is 20.0 Å². The first-order chi connectivity index (χ1) is 15.0. The Morgan fingerprint density at radius 1 is 1.16 bits per heavy atom. The maximum Gasteiger partial charge on any atom is 0.319 e. The van der Waals surface area contributed by atoms with Crippen molar-refractivity contribution in [2.45, 2.75) is 44.2 Å². The Kier molecular flexibility index (Phi) is 4.89. The van der Waals surface area contributed by atoms with Gasteiger partial charge in [0.2, 0.25) is 0 Å². The van der Waals surface area contributed by atoms with Crippen LogP contribution in [0.5, 0.6) is 0 Å². The SMILES string of the molecule is CN(Cc1ccccc1)C(=O)c1cc2cc(Cl)c3c(c2o1)C1(CCCCC1)NC(=O)N3. The third-order valence-corrected chi connectivity index (χ3v) is 6.65. The van der Waals surface area contributed by atoms with E-state index in [1.165, 1.54) is 0 Å². The lowest BCUT2D eigenvalue weighted by Crippen LogP contribution is -2.52. The number of nitrogens with zero attached hydrogens (tertiary/aromatic N) is 1. The van der Waals surface area contributed by atoms with E-state index in [1.807, 2.05) is 30.3 Å². The lowest BCUT2D eigenvalue weighted by atomic mass is 9.74. The molecule has 31 heavy (non-hydrogen) atoms. The summed E-state index contributed by atoms with van der Waals surface area (Å²) in [6.45, 7) is 0.483. The molecule has 3 aromatic rings. The van der Waals surface area contributed by atoms with Gasteiger partial charge in [-0.05, 0) is 30.5 Å². The molecule has 1 aromatic heterocycles. The normalized spacial score (nSPS) is 17.2. The molecule has 0 bridgehead atoms. The molecule has 2 heterocycles. The first-order valence-corrected chi connectivity index (χ1v) is 11.0. The standard InChI is InChI=1S/C24H24ClN3O3/c1-28(14-15-8-4-2-5-9-15)22(29)18-13-16-12-17(25)20-19(21(16)31-18)24(27-23(30)26-20)10-6-3-7-11-24/h2,4-5,8-9,12-13H,3,6-7,10-11,14H2,1H3,(H2,26,27,30). The summed E-state index contributed by atoms with van der Waals surface area (Å²) in [5.74, 6) is 0.0659. The van der Waals surface area contributed by atoms with Crippen LogP contribution in [0.2, 0.25) is 5.02 Å². The van der Waals surface area contributed by atoms with Gasteiger partial charge in [0.15, 0.2) is 5.76 Å². The Morgan fingerprint density at radius 2 is 1.90 bits per heavy atom. The molecule has 1 fully saturated rings. The van der Waals surface area contributed by atoms with Gasteiger partial charge in [-0.25, -0.2) is 4.79 Å². The van der Waals surface area contributed by atoms with E-state index in [1.54, 1.807) is 24.1 Å². The predicted molar refractivity (Wildman–Crippen MR) is 120 cm³/mol. The maximum atomic E-state index is 13.1. The Labute approximate surface area is 185 Å². The van der Waals surface area contributed by atoms with Crippen molar-refractivity contribution in [3.63, 3.8) is 0 Å². The van der Waals surface area contributed by atoms with Crippen molar-refractivity contribution in [2.75, 3.05) is 12.4 Å². The van der Waals surface area contributed by atoms with E-state index < -0.39 is 5.54 Å². The fourth-order valence-corrected chi connectivity index (χ4v) is 5.16. The Balaban J connectivity index is 1.57. The molecule has 160 valence electrons. The molecular formula is C24H24ClN3O3. The molecule has 0 atom stereocenters. The number of nitrogens with one attached hydrogen (secondary N) is 2. The average Bonchev–Trinajstić information content (AvgIpc) is 3.17. The number of fused-ring (bicyclic) bond motifs is 4. The van der Waals surface area contributed by atoms with E-state index in [4.69, 9.17) is 16.0 Å². The number of rotatable bonds is 3.